The Kier molecular flexibility index (Phi) is 7.69. The molecule has 2 rings (SSSR count). The highest BCUT2D eigenvalue weighted by molar-refractivity contribution is 5.89. The second-order valence-corrected chi connectivity index (χ2v) is 4.78. The molecule has 1 fully saturated rings. The van der Waals surface area contributed by atoms with E-state index in [9.17, 15) is 0 Å². The molecule has 0 radical (unpaired) electrons. The maximum Gasteiger partial charge on any atom is 0.145 e. The van der Waals surface area contributed by atoms with Gasteiger partial charge in [-0.25, -0.2) is 0 Å². The third-order valence-electron chi connectivity index (χ3n) is 3.54. The lowest BCUT2D eigenvalue weighted by Crippen LogP contribution is -2.23. The molecule has 0 saturated heterocycles. The minimum atomic E-state index is 0.256. The van der Waals surface area contributed by atoms with Crippen molar-refractivity contribution < 1.29 is 4.74 Å². The van der Waals surface area contributed by atoms with E-state index in [1.54, 1.807) is 13.3 Å². The van der Waals surface area contributed by atoms with Crippen molar-refractivity contribution in [1.82, 2.24) is 5.32 Å². The largest absolute Gasteiger partial charge is 0.488 e. The van der Waals surface area contributed by atoms with Crippen LogP contribution in [-0.4, -0.2) is 39.2 Å². The third kappa shape index (κ3) is 4.67. The summed E-state index contributed by atoms with van der Waals surface area (Å²) in [6.07, 6.45) is 5.32. The Morgan fingerprint density at radius 1 is 1.33 bits per heavy atom. The Morgan fingerprint density at radius 2 is 2.10 bits per heavy atom. The first kappa shape index (κ1) is 17.4. The fourth-order valence-corrected chi connectivity index (χ4v) is 2.54. The molecule has 4 heteroatoms. The molecule has 21 heavy (non-hydrogen) atoms. The van der Waals surface area contributed by atoms with E-state index in [1.807, 2.05) is 39.1 Å². The highest BCUT2D eigenvalue weighted by Crippen LogP contribution is 2.33. The molecular weight excluding hydrogens is 262 g/mol. The van der Waals surface area contributed by atoms with Gasteiger partial charge in [0.1, 0.15) is 17.5 Å². The van der Waals surface area contributed by atoms with Gasteiger partial charge in [-0.15, -0.1) is 0 Å². The van der Waals surface area contributed by atoms with Crippen LogP contribution in [0.2, 0.25) is 0 Å². The molecular formula is C17H27N3O. The summed E-state index contributed by atoms with van der Waals surface area (Å²) >= 11 is 0. The van der Waals surface area contributed by atoms with Crippen molar-refractivity contribution in [1.29, 1.82) is 0 Å². The van der Waals surface area contributed by atoms with E-state index in [1.165, 1.54) is 0 Å². The van der Waals surface area contributed by atoms with Crippen LogP contribution in [0.15, 0.2) is 28.2 Å². The van der Waals surface area contributed by atoms with Crippen molar-refractivity contribution in [2.75, 3.05) is 14.1 Å². The third-order valence-corrected chi connectivity index (χ3v) is 3.54. The number of hydrogen-bond acceptors (Lipinski definition) is 4. The van der Waals surface area contributed by atoms with Crippen LogP contribution in [0.1, 0.15) is 38.7 Å². The Balaban J connectivity index is 0.00000106. The number of ether oxygens (including phenoxy) is 1. The number of nitrogens with one attached hydrogen (secondary N) is 1. The summed E-state index contributed by atoms with van der Waals surface area (Å²) in [5.41, 5.74) is 1.72. The first-order chi connectivity index (χ1) is 10.3. The minimum Gasteiger partial charge on any atom is -0.488 e. The maximum absolute atomic E-state index is 6.08. The molecule has 1 aromatic rings. The van der Waals surface area contributed by atoms with Crippen molar-refractivity contribution in [2.24, 2.45) is 9.98 Å². The molecule has 2 unspecified atom stereocenters. The van der Waals surface area contributed by atoms with E-state index >= 15 is 0 Å². The van der Waals surface area contributed by atoms with Gasteiger partial charge >= 0.3 is 0 Å². The number of para-hydroxylation sites is 1. The molecule has 0 spiro atoms. The Bertz CT molecular complexity index is 471. The van der Waals surface area contributed by atoms with Gasteiger partial charge in [-0.1, -0.05) is 26.0 Å². The van der Waals surface area contributed by atoms with Crippen LogP contribution in [-0.2, 0) is 0 Å². The molecule has 0 amide bonds. The molecule has 0 aromatic heterocycles. The molecule has 1 aliphatic rings. The first-order valence-corrected chi connectivity index (χ1v) is 7.64. The van der Waals surface area contributed by atoms with Gasteiger partial charge in [0, 0.05) is 24.9 Å². The topological polar surface area (TPSA) is 46.0 Å². The van der Waals surface area contributed by atoms with Gasteiger partial charge in [0.2, 0.25) is 0 Å². The van der Waals surface area contributed by atoms with E-state index in [-0.39, 0.29) is 6.10 Å². The van der Waals surface area contributed by atoms with Crippen molar-refractivity contribution in [3.63, 3.8) is 0 Å². The van der Waals surface area contributed by atoms with Crippen LogP contribution < -0.4 is 10.1 Å². The van der Waals surface area contributed by atoms with Crippen LogP contribution in [0, 0.1) is 0 Å². The van der Waals surface area contributed by atoms with Crippen molar-refractivity contribution in [3.8, 4) is 5.75 Å². The fourth-order valence-electron chi connectivity index (χ4n) is 2.54. The molecule has 116 valence electrons. The van der Waals surface area contributed by atoms with Crippen LogP contribution >= 0.6 is 0 Å². The van der Waals surface area contributed by atoms with E-state index in [0.717, 1.165) is 36.3 Å². The van der Waals surface area contributed by atoms with Crippen LogP contribution in [0.25, 0.3) is 0 Å². The van der Waals surface area contributed by atoms with Crippen molar-refractivity contribution in [2.45, 2.75) is 45.3 Å². The number of hydrogen-bond donors (Lipinski definition) is 1. The van der Waals surface area contributed by atoms with Crippen molar-refractivity contribution in [3.05, 3.63) is 23.8 Å². The summed E-state index contributed by atoms with van der Waals surface area (Å²) in [5.74, 6) is 0.800. The number of rotatable bonds is 5. The van der Waals surface area contributed by atoms with Crippen LogP contribution in [0.4, 0.5) is 5.69 Å². The van der Waals surface area contributed by atoms with Gasteiger partial charge < -0.3 is 10.1 Å². The second-order valence-electron chi connectivity index (χ2n) is 4.78. The molecule has 1 N–H and O–H groups in total. The summed E-state index contributed by atoms with van der Waals surface area (Å²) in [5, 5.41) is 3.30. The Labute approximate surface area is 128 Å². The standard InChI is InChI=1S/C15H21N3O.C2H6/c1-16-10-11-5-4-6-14(15(11)18-3)19-13-8-7-12(9-13)17-2;1-2/h4-6,10,12-13,17H,3,7-9H2,1-2H3;1-2H3. The maximum atomic E-state index is 6.08. The summed E-state index contributed by atoms with van der Waals surface area (Å²) in [6.45, 7) is 7.64. The lowest BCUT2D eigenvalue weighted by Gasteiger charge is -2.16. The van der Waals surface area contributed by atoms with Crippen LogP contribution in [0.3, 0.4) is 0 Å². The average Bonchev–Trinajstić information content (AvgIpc) is 2.98. The summed E-state index contributed by atoms with van der Waals surface area (Å²) in [4.78, 5) is 8.12. The van der Waals surface area contributed by atoms with E-state index in [0.29, 0.717) is 6.04 Å². The zero-order valence-corrected chi connectivity index (χ0v) is 13.6. The Hall–Kier alpha value is -1.68. The van der Waals surface area contributed by atoms with Gasteiger partial charge in [0.05, 0.1) is 0 Å². The molecule has 0 heterocycles. The quantitative estimate of drug-likeness (QED) is 0.842. The smallest absolute Gasteiger partial charge is 0.145 e. The summed E-state index contributed by atoms with van der Waals surface area (Å²) < 4.78 is 6.08. The van der Waals surface area contributed by atoms with Crippen molar-refractivity contribution >= 4 is 18.6 Å². The van der Waals surface area contributed by atoms with Gasteiger partial charge in [-0.3, -0.25) is 9.98 Å². The van der Waals surface area contributed by atoms with E-state index in [2.05, 4.69) is 22.0 Å². The molecule has 0 aliphatic heterocycles. The highest BCUT2D eigenvalue weighted by Gasteiger charge is 2.25. The minimum absolute atomic E-state index is 0.256. The van der Waals surface area contributed by atoms with E-state index < -0.39 is 0 Å². The monoisotopic (exact) mass is 289 g/mol. The normalized spacial score (nSPS) is 21.0. The molecule has 1 saturated carbocycles. The predicted octanol–water partition coefficient (Wildman–Crippen LogP) is 3.61. The zero-order chi connectivity index (χ0) is 15.7. The molecule has 4 nitrogen and oxygen atoms in total. The van der Waals surface area contributed by atoms with Gasteiger partial charge in [-0.2, -0.15) is 0 Å². The fraction of sp³-hybridized carbons (Fsp3) is 0.529. The molecule has 1 aromatic carbocycles. The van der Waals surface area contributed by atoms with Crippen LogP contribution in [0.5, 0.6) is 5.75 Å². The first-order valence-electron chi connectivity index (χ1n) is 7.64. The van der Waals surface area contributed by atoms with Gasteiger partial charge in [0.25, 0.3) is 0 Å². The summed E-state index contributed by atoms with van der Waals surface area (Å²) in [6, 6.07) is 6.44. The molecule has 1 aliphatic carbocycles. The van der Waals surface area contributed by atoms with Gasteiger partial charge in [-0.05, 0) is 39.1 Å². The average molecular weight is 289 g/mol. The number of aliphatic imine (C=N–C) groups is 2. The molecule has 0 bridgehead atoms. The van der Waals surface area contributed by atoms with E-state index in [4.69, 9.17) is 4.74 Å². The molecule has 2 atom stereocenters. The SMILES string of the molecule is C=Nc1c(C=NC)cccc1OC1CCC(NC)C1.CC. The lowest BCUT2D eigenvalue weighted by atomic mass is 10.1. The number of nitrogens with zero attached hydrogens (tertiary/aromatic N) is 2. The Morgan fingerprint density at radius 3 is 2.67 bits per heavy atom. The highest BCUT2D eigenvalue weighted by atomic mass is 16.5. The predicted molar refractivity (Wildman–Crippen MR) is 91.6 cm³/mol. The van der Waals surface area contributed by atoms with Gasteiger partial charge in [0.15, 0.2) is 0 Å². The zero-order valence-electron chi connectivity index (χ0n) is 13.6. The second kappa shape index (κ2) is 9.29. The number of benzene rings is 1. The summed E-state index contributed by atoms with van der Waals surface area (Å²) in [7, 11) is 3.75. The lowest BCUT2D eigenvalue weighted by molar-refractivity contribution is 0.207.